The van der Waals surface area contributed by atoms with E-state index in [0.717, 1.165) is 29.0 Å². The molecule has 3 aromatic carbocycles. The van der Waals surface area contributed by atoms with Crippen LogP contribution in [0.25, 0.3) is 6.08 Å². The number of methoxy groups -OCH3 is 1. The maximum atomic E-state index is 13.3. The SMILES string of the molecule is CCc1ccc(N2C(=O)C(=Cc3ccc(OC)cc3)N=C2c2ccccc2)cc1. The number of ether oxygens (including phenoxy) is 1. The molecule has 4 nitrogen and oxygen atoms in total. The number of aliphatic imine (C=N–C) groups is 1. The van der Waals surface area contributed by atoms with Crippen LogP contribution in [-0.2, 0) is 11.2 Å². The molecule has 144 valence electrons. The van der Waals surface area contributed by atoms with Gasteiger partial charge in [-0.1, -0.05) is 61.5 Å². The molecule has 3 aromatic rings. The Morgan fingerprint density at radius 3 is 2.24 bits per heavy atom. The first kappa shape index (κ1) is 18.7. The number of rotatable bonds is 5. The van der Waals surface area contributed by atoms with E-state index < -0.39 is 0 Å². The third kappa shape index (κ3) is 3.83. The topological polar surface area (TPSA) is 41.9 Å². The zero-order valence-corrected chi connectivity index (χ0v) is 16.5. The number of hydrogen-bond acceptors (Lipinski definition) is 3. The van der Waals surface area contributed by atoms with Crippen molar-refractivity contribution in [3.8, 4) is 5.75 Å². The van der Waals surface area contributed by atoms with Gasteiger partial charge in [-0.2, -0.15) is 0 Å². The molecule has 4 heteroatoms. The van der Waals surface area contributed by atoms with Gasteiger partial charge in [0, 0.05) is 5.56 Å². The van der Waals surface area contributed by atoms with E-state index in [9.17, 15) is 4.79 Å². The zero-order chi connectivity index (χ0) is 20.2. The summed E-state index contributed by atoms with van der Waals surface area (Å²) < 4.78 is 5.21. The maximum Gasteiger partial charge on any atom is 0.282 e. The molecule has 0 radical (unpaired) electrons. The number of anilines is 1. The number of nitrogens with zero attached hydrogens (tertiary/aromatic N) is 2. The van der Waals surface area contributed by atoms with Crippen LogP contribution in [-0.4, -0.2) is 18.9 Å². The molecule has 0 spiro atoms. The van der Waals surface area contributed by atoms with Gasteiger partial charge >= 0.3 is 0 Å². The number of amides is 1. The molecule has 0 bridgehead atoms. The van der Waals surface area contributed by atoms with Gasteiger partial charge in [0.05, 0.1) is 12.8 Å². The van der Waals surface area contributed by atoms with Gasteiger partial charge in [-0.25, -0.2) is 4.99 Å². The first-order valence-electron chi connectivity index (χ1n) is 9.63. The summed E-state index contributed by atoms with van der Waals surface area (Å²) >= 11 is 0. The predicted molar refractivity (Wildman–Crippen MR) is 117 cm³/mol. The van der Waals surface area contributed by atoms with E-state index in [1.54, 1.807) is 12.0 Å². The van der Waals surface area contributed by atoms with Crippen LogP contribution >= 0.6 is 0 Å². The lowest BCUT2D eigenvalue weighted by atomic mass is 10.1. The van der Waals surface area contributed by atoms with Crippen LogP contribution in [0.15, 0.2) is 89.6 Å². The number of amidine groups is 1. The lowest BCUT2D eigenvalue weighted by Crippen LogP contribution is -2.32. The first-order chi connectivity index (χ1) is 14.2. The Labute approximate surface area is 170 Å². The molecule has 0 aromatic heterocycles. The summed E-state index contributed by atoms with van der Waals surface area (Å²) in [5.41, 5.74) is 4.25. The Morgan fingerprint density at radius 1 is 0.931 bits per heavy atom. The Hall–Kier alpha value is -3.66. The number of aryl methyl sites for hydroxylation is 1. The summed E-state index contributed by atoms with van der Waals surface area (Å²) in [6, 6.07) is 25.4. The van der Waals surface area contributed by atoms with Crippen molar-refractivity contribution in [2.24, 2.45) is 4.99 Å². The minimum atomic E-state index is -0.135. The van der Waals surface area contributed by atoms with Crippen molar-refractivity contribution >= 4 is 23.5 Å². The molecular formula is C25H22N2O2. The summed E-state index contributed by atoms with van der Waals surface area (Å²) in [5.74, 6) is 1.28. The van der Waals surface area contributed by atoms with Crippen LogP contribution in [0, 0.1) is 0 Å². The second-order valence-corrected chi connectivity index (χ2v) is 6.76. The maximum absolute atomic E-state index is 13.3. The van der Waals surface area contributed by atoms with Crippen LogP contribution in [0.2, 0.25) is 0 Å². The molecule has 1 aliphatic heterocycles. The van der Waals surface area contributed by atoms with Crippen molar-refractivity contribution in [3.05, 3.63) is 101 Å². The van der Waals surface area contributed by atoms with E-state index >= 15 is 0 Å². The third-order valence-corrected chi connectivity index (χ3v) is 4.91. The van der Waals surface area contributed by atoms with Gasteiger partial charge in [0.1, 0.15) is 17.3 Å². The highest BCUT2D eigenvalue weighted by atomic mass is 16.5. The molecule has 0 fully saturated rings. The van der Waals surface area contributed by atoms with Gasteiger partial charge in [-0.15, -0.1) is 0 Å². The molecule has 0 atom stereocenters. The number of carbonyl (C=O) groups is 1. The lowest BCUT2D eigenvalue weighted by Gasteiger charge is -2.19. The molecule has 1 heterocycles. The van der Waals surface area contributed by atoms with E-state index in [4.69, 9.17) is 9.73 Å². The highest BCUT2D eigenvalue weighted by molar-refractivity contribution is 6.33. The molecule has 0 N–H and O–H groups in total. The first-order valence-corrected chi connectivity index (χ1v) is 9.63. The minimum Gasteiger partial charge on any atom is -0.497 e. The Bertz CT molecular complexity index is 1070. The lowest BCUT2D eigenvalue weighted by molar-refractivity contribution is -0.113. The molecule has 4 rings (SSSR count). The fraction of sp³-hybridized carbons (Fsp3) is 0.120. The standard InChI is InChI=1S/C25H22N2O2/c1-3-18-9-13-21(14-10-18)27-24(20-7-5-4-6-8-20)26-23(25(27)28)17-19-11-15-22(29-2)16-12-19/h4-17H,3H2,1-2H3. The van der Waals surface area contributed by atoms with Crippen molar-refractivity contribution in [1.29, 1.82) is 0 Å². The van der Waals surface area contributed by atoms with Crippen molar-refractivity contribution < 1.29 is 9.53 Å². The smallest absolute Gasteiger partial charge is 0.282 e. The molecule has 29 heavy (non-hydrogen) atoms. The number of hydrogen-bond donors (Lipinski definition) is 0. The molecule has 0 saturated heterocycles. The number of benzene rings is 3. The zero-order valence-electron chi connectivity index (χ0n) is 16.5. The number of carbonyl (C=O) groups excluding carboxylic acids is 1. The Morgan fingerprint density at radius 2 is 1.62 bits per heavy atom. The Kier molecular flexibility index (Phi) is 5.25. The molecule has 0 unspecified atom stereocenters. The monoisotopic (exact) mass is 382 g/mol. The molecule has 0 aliphatic carbocycles. The van der Waals surface area contributed by atoms with E-state index in [-0.39, 0.29) is 5.91 Å². The normalized spacial score (nSPS) is 15.0. The van der Waals surface area contributed by atoms with Gasteiger partial charge in [-0.05, 0) is 47.9 Å². The summed E-state index contributed by atoms with van der Waals surface area (Å²) in [5, 5.41) is 0. The summed E-state index contributed by atoms with van der Waals surface area (Å²) in [7, 11) is 1.63. The van der Waals surface area contributed by atoms with Gasteiger partial charge in [-0.3, -0.25) is 9.69 Å². The average Bonchev–Trinajstić information content (AvgIpc) is 3.11. The molecule has 0 saturated carbocycles. The van der Waals surface area contributed by atoms with E-state index in [0.29, 0.717) is 11.5 Å². The van der Waals surface area contributed by atoms with Crippen LogP contribution in [0.1, 0.15) is 23.6 Å². The van der Waals surface area contributed by atoms with E-state index in [2.05, 4.69) is 19.1 Å². The van der Waals surface area contributed by atoms with Crippen molar-refractivity contribution in [3.63, 3.8) is 0 Å². The fourth-order valence-electron chi connectivity index (χ4n) is 3.28. The molecule has 1 amide bonds. The third-order valence-electron chi connectivity index (χ3n) is 4.91. The second kappa shape index (κ2) is 8.15. The quantitative estimate of drug-likeness (QED) is 0.577. The van der Waals surface area contributed by atoms with Crippen LogP contribution in [0.4, 0.5) is 5.69 Å². The second-order valence-electron chi connectivity index (χ2n) is 6.76. The summed E-state index contributed by atoms with van der Waals surface area (Å²) in [4.78, 5) is 19.7. The summed E-state index contributed by atoms with van der Waals surface area (Å²) in [6.07, 6.45) is 2.77. The minimum absolute atomic E-state index is 0.135. The van der Waals surface area contributed by atoms with Crippen LogP contribution in [0.5, 0.6) is 5.75 Å². The van der Waals surface area contributed by atoms with Gasteiger partial charge in [0.2, 0.25) is 0 Å². The highest BCUT2D eigenvalue weighted by Crippen LogP contribution is 2.28. The van der Waals surface area contributed by atoms with Gasteiger partial charge < -0.3 is 4.74 Å². The fourth-order valence-corrected chi connectivity index (χ4v) is 3.28. The largest absolute Gasteiger partial charge is 0.497 e. The summed E-state index contributed by atoms with van der Waals surface area (Å²) in [6.45, 7) is 2.11. The average molecular weight is 382 g/mol. The van der Waals surface area contributed by atoms with Crippen molar-refractivity contribution in [2.45, 2.75) is 13.3 Å². The van der Waals surface area contributed by atoms with Crippen LogP contribution < -0.4 is 9.64 Å². The highest BCUT2D eigenvalue weighted by Gasteiger charge is 2.32. The van der Waals surface area contributed by atoms with Gasteiger partial charge in [0.25, 0.3) is 5.91 Å². The molecular weight excluding hydrogens is 360 g/mol. The predicted octanol–water partition coefficient (Wildman–Crippen LogP) is 5.09. The Balaban J connectivity index is 1.76. The van der Waals surface area contributed by atoms with Crippen molar-refractivity contribution in [1.82, 2.24) is 0 Å². The van der Waals surface area contributed by atoms with E-state index in [1.165, 1.54) is 5.56 Å². The van der Waals surface area contributed by atoms with Gasteiger partial charge in [0.15, 0.2) is 0 Å². The molecule has 1 aliphatic rings. The van der Waals surface area contributed by atoms with E-state index in [1.807, 2.05) is 72.8 Å². The van der Waals surface area contributed by atoms with Crippen LogP contribution in [0.3, 0.4) is 0 Å². The van der Waals surface area contributed by atoms with Crippen molar-refractivity contribution in [2.75, 3.05) is 12.0 Å².